The molecule has 0 N–H and O–H groups in total. The van der Waals surface area contributed by atoms with E-state index in [2.05, 4.69) is 4.74 Å². The SMILES string of the molecule is CCOP(=O)(C/C(C)=C/C=C/C(=O)OC)OCC. The summed E-state index contributed by atoms with van der Waals surface area (Å²) in [4.78, 5) is 10.8. The minimum atomic E-state index is -3.06. The number of rotatable bonds is 8. The van der Waals surface area contributed by atoms with Crippen molar-refractivity contribution in [3.8, 4) is 0 Å². The lowest BCUT2D eigenvalue weighted by molar-refractivity contribution is -0.134. The van der Waals surface area contributed by atoms with E-state index in [1.165, 1.54) is 13.2 Å². The van der Waals surface area contributed by atoms with Crippen molar-refractivity contribution in [3.05, 3.63) is 23.8 Å². The molecule has 0 unspecified atom stereocenters. The number of ether oxygens (including phenoxy) is 1. The maximum absolute atomic E-state index is 12.2. The van der Waals surface area contributed by atoms with Crippen LogP contribution in [0, 0.1) is 0 Å². The van der Waals surface area contributed by atoms with Crippen LogP contribution >= 0.6 is 7.60 Å². The minimum absolute atomic E-state index is 0.209. The van der Waals surface area contributed by atoms with Crippen LogP contribution in [0.15, 0.2) is 23.8 Å². The lowest BCUT2D eigenvalue weighted by Gasteiger charge is -2.16. The van der Waals surface area contributed by atoms with E-state index < -0.39 is 13.6 Å². The smallest absolute Gasteiger partial charge is 0.334 e. The van der Waals surface area contributed by atoms with Crippen molar-refractivity contribution in [1.29, 1.82) is 0 Å². The number of carbonyl (C=O) groups is 1. The molecule has 0 atom stereocenters. The van der Waals surface area contributed by atoms with Crippen LogP contribution in [0.5, 0.6) is 0 Å². The third kappa shape index (κ3) is 7.43. The van der Waals surface area contributed by atoms with E-state index in [0.717, 1.165) is 5.57 Å². The molecular formula is C12H21O5P. The summed E-state index contributed by atoms with van der Waals surface area (Å²) >= 11 is 0. The van der Waals surface area contributed by atoms with E-state index in [1.807, 2.05) is 0 Å². The van der Waals surface area contributed by atoms with Crippen LogP contribution in [0.4, 0.5) is 0 Å². The van der Waals surface area contributed by atoms with Gasteiger partial charge in [0.05, 0.1) is 26.5 Å². The summed E-state index contributed by atoms with van der Waals surface area (Å²) in [6.07, 6.45) is 4.72. The lowest BCUT2D eigenvalue weighted by Crippen LogP contribution is -2.01. The first-order valence-corrected chi connectivity index (χ1v) is 7.50. The summed E-state index contributed by atoms with van der Waals surface area (Å²) in [7, 11) is -1.76. The highest BCUT2D eigenvalue weighted by atomic mass is 31.2. The Balaban J connectivity index is 4.54. The molecule has 0 aromatic rings. The van der Waals surface area contributed by atoms with Gasteiger partial charge < -0.3 is 13.8 Å². The summed E-state index contributed by atoms with van der Waals surface area (Å²) in [5.74, 6) is -0.433. The molecule has 5 nitrogen and oxygen atoms in total. The van der Waals surface area contributed by atoms with Gasteiger partial charge in [-0.15, -0.1) is 0 Å². The second kappa shape index (κ2) is 9.09. The predicted octanol–water partition coefficient (Wildman–Crippen LogP) is 2.93. The first kappa shape index (κ1) is 17.1. The van der Waals surface area contributed by atoms with Gasteiger partial charge in [-0.1, -0.05) is 17.7 Å². The highest BCUT2D eigenvalue weighted by Gasteiger charge is 2.23. The Bertz CT molecular complexity index is 349. The van der Waals surface area contributed by atoms with Crippen LogP contribution in [0.3, 0.4) is 0 Å². The van der Waals surface area contributed by atoms with Crippen molar-refractivity contribution in [2.75, 3.05) is 26.5 Å². The van der Waals surface area contributed by atoms with Gasteiger partial charge in [0, 0.05) is 6.08 Å². The summed E-state index contributed by atoms with van der Waals surface area (Å²) in [5, 5.41) is 0. The molecule has 6 heteroatoms. The molecule has 0 aliphatic heterocycles. The molecule has 18 heavy (non-hydrogen) atoms. The third-order valence-electron chi connectivity index (χ3n) is 1.91. The van der Waals surface area contributed by atoms with Gasteiger partial charge in [-0.3, -0.25) is 4.57 Å². The summed E-state index contributed by atoms with van der Waals surface area (Å²) in [5.41, 5.74) is 0.806. The first-order chi connectivity index (χ1) is 8.47. The average molecular weight is 276 g/mol. The summed E-state index contributed by atoms with van der Waals surface area (Å²) in [6.45, 7) is 6.00. The Morgan fingerprint density at radius 1 is 1.22 bits per heavy atom. The standard InChI is InChI=1S/C12H21O5P/c1-5-16-18(14,17-6-2)10-11(3)8-7-9-12(13)15-4/h7-9H,5-6,10H2,1-4H3/b9-7+,11-8+. The van der Waals surface area contributed by atoms with Crippen LogP contribution in [0.25, 0.3) is 0 Å². The number of esters is 1. The third-order valence-corrected chi connectivity index (χ3v) is 4.10. The molecule has 0 spiro atoms. The van der Waals surface area contributed by atoms with Crippen molar-refractivity contribution >= 4 is 13.6 Å². The predicted molar refractivity (Wildman–Crippen MR) is 70.6 cm³/mol. The highest BCUT2D eigenvalue weighted by Crippen LogP contribution is 2.49. The van der Waals surface area contributed by atoms with Crippen LogP contribution in [-0.2, 0) is 23.1 Å². The number of hydrogen-bond donors (Lipinski definition) is 0. The molecule has 0 saturated carbocycles. The fraction of sp³-hybridized carbons (Fsp3) is 0.583. The van der Waals surface area contributed by atoms with E-state index in [4.69, 9.17) is 9.05 Å². The normalized spacial score (nSPS) is 13.0. The number of allylic oxidation sites excluding steroid dienone is 3. The van der Waals surface area contributed by atoms with Gasteiger partial charge >= 0.3 is 13.6 Å². The molecule has 104 valence electrons. The van der Waals surface area contributed by atoms with Crippen molar-refractivity contribution in [2.24, 2.45) is 0 Å². The first-order valence-electron chi connectivity index (χ1n) is 5.77. The Labute approximate surface area is 108 Å². The second-order valence-electron chi connectivity index (χ2n) is 3.50. The van der Waals surface area contributed by atoms with E-state index in [1.54, 1.807) is 32.9 Å². The monoisotopic (exact) mass is 276 g/mol. The minimum Gasteiger partial charge on any atom is -0.466 e. The van der Waals surface area contributed by atoms with Gasteiger partial charge in [-0.05, 0) is 20.8 Å². The quantitative estimate of drug-likeness (QED) is 0.295. The second-order valence-corrected chi connectivity index (χ2v) is 5.55. The van der Waals surface area contributed by atoms with Gasteiger partial charge in [-0.2, -0.15) is 0 Å². The van der Waals surface area contributed by atoms with Crippen molar-refractivity contribution in [2.45, 2.75) is 20.8 Å². The molecule has 0 aromatic carbocycles. The zero-order valence-electron chi connectivity index (χ0n) is 11.3. The molecule has 0 aliphatic rings. The Morgan fingerprint density at radius 2 is 1.78 bits per heavy atom. The van der Waals surface area contributed by atoms with Crippen LogP contribution in [0.2, 0.25) is 0 Å². The molecule has 0 amide bonds. The van der Waals surface area contributed by atoms with E-state index in [0.29, 0.717) is 13.2 Å². The number of hydrogen-bond acceptors (Lipinski definition) is 5. The molecule has 0 fully saturated rings. The average Bonchev–Trinajstić information content (AvgIpc) is 2.28. The zero-order chi connectivity index (χ0) is 14.0. The molecular weight excluding hydrogens is 255 g/mol. The van der Waals surface area contributed by atoms with E-state index in [-0.39, 0.29) is 6.16 Å². The molecule has 0 bridgehead atoms. The summed E-state index contributed by atoms with van der Waals surface area (Å²) in [6, 6.07) is 0. The van der Waals surface area contributed by atoms with Gasteiger partial charge in [-0.25, -0.2) is 4.79 Å². The molecule has 0 saturated heterocycles. The van der Waals surface area contributed by atoms with Crippen LogP contribution < -0.4 is 0 Å². The van der Waals surface area contributed by atoms with Crippen molar-refractivity contribution in [3.63, 3.8) is 0 Å². The van der Waals surface area contributed by atoms with Crippen molar-refractivity contribution < 1.29 is 23.1 Å². The van der Waals surface area contributed by atoms with Gasteiger partial charge in [0.15, 0.2) is 0 Å². The molecule has 0 aliphatic carbocycles. The lowest BCUT2D eigenvalue weighted by atomic mass is 10.3. The van der Waals surface area contributed by atoms with Crippen LogP contribution in [0.1, 0.15) is 20.8 Å². The van der Waals surface area contributed by atoms with Crippen molar-refractivity contribution in [1.82, 2.24) is 0 Å². The van der Waals surface area contributed by atoms with Gasteiger partial charge in [0.25, 0.3) is 0 Å². The maximum Gasteiger partial charge on any atom is 0.334 e. The number of carbonyl (C=O) groups excluding carboxylic acids is 1. The fourth-order valence-corrected chi connectivity index (χ4v) is 3.00. The Morgan fingerprint density at radius 3 is 2.22 bits per heavy atom. The topological polar surface area (TPSA) is 61.8 Å². The largest absolute Gasteiger partial charge is 0.466 e. The Kier molecular flexibility index (Phi) is 8.63. The fourth-order valence-electron chi connectivity index (χ4n) is 1.24. The maximum atomic E-state index is 12.2. The Hall–Kier alpha value is -0.900. The van der Waals surface area contributed by atoms with Gasteiger partial charge in [0.1, 0.15) is 0 Å². The zero-order valence-corrected chi connectivity index (χ0v) is 12.2. The number of methoxy groups -OCH3 is 1. The van der Waals surface area contributed by atoms with E-state index >= 15 is 0 Å². The highest BCUT2D eigenvalue weighted by molar-refractivity contribution is 7.54. The van der Waals surface area contributed by atoms with Crippen LogP contribution in [-0.4, -0.2) is 32.5 Å². The molecule has 0 aromatic heterocycles. The molecule has 0 rings (SSSR count). The van der Waals surface area contributed by atoms with Gasteiger partial charge in [0.2, 0.25) is 0 Å². The molecule has 0 heterocycles. The summed E-state index contributed by atoms with van der Waals surface area (Å²) < 4.78 is 27.0. The molecule has 0 radical (unpaired) electrons. The van der Waals surface area contributed by atoms with E-state index in [9.17, 15) is 9.36 Å².